The molecule has 2 fully saturated rings. The van der Waals surface area contributed by atoms with E-state index in [1.165, 1.54) is 6.07 Å². The molecule has 1 unspecified atom stereocenters. The summed E-state index contributed by atoms with van der Waals surface area (Å²) in [6, 6.07) is 38.5. The van der Waals surface area contributed by atoms with Crippen LogP contribution in [-0.2, 0) is 9.09 Å². The summed E-state index contributed by atoms with van der Waals surface area (Å²) in [5.74, 6) is -0.256. The van der Waals surface area contributed by atoms with Gasteiger partial charge in [-0.25, -0.2) is 4.79 Å². The number of piperazine rings is 1. The molecule has 68 heavy (non-hydrogen) atoms. The van der Waals surface area contributed by atoms with Gasteiger partial charge in [0.05, 0.1) is 34.1 Å². The molecule has 0 amide bonds. The van der Waals surface area contributed by atoms with E-state index in [-0.39, 0.29) is 29.2 Å². The molecule has 0 spiro atoms. The fourth-order valence-electron chi connectivity index (χ4n) is 9.36. The number of carboxylic acids is 1. The van der Waals surface area contributed by atoms with Crippen molar-refractivity contribution in [2.75, 3.05) is 78.9 Å². The Bertz CT molecular complexity index is 2800. The number of anilines is 4. The van der Waals surface area contributed by atoms with Gasteiger partial charge in [0.25, 0.3) is 5.69 Å². The lowest BCUT2D eigenvalue weighted by atomic mass is 9.96. The molecular weight excluding hydrogens is 917 g/mol. The van der Waals surface area contributed by atoms with E-state index < -0.39 is 18.4 Å². The highest BCUT2D eigenvalue weighted by molar-refractivity contribution is 7.99. The number of rotatable bonds is 17. The van der Waals surface area contributed by atoms with Gasteiger partial charge < -0.3 is 34.2 Å². The number of aromatic nitrogens is 1. The van der Waals surface area contributed by atoms with Crippen molar-refractivity contribution in [3.05, 3.63) is 148 Å². The van der Waals surface area contributed by atoms with E-state index >= 15 is 0 Å². The Hall–Kier alpha value is -5.76. The molecule has 2 N–H and O–H groups in total. The monoisotopic (exact) mass is 975 g/mol. The van der Waals surface area contributed by atoms with Crippen LogP contribution in [0.15, 0.2) is 126 Å². The van der Waals surface area contributed by atoms with Gasteiger partial charge in [0.15, 0.2) is 0 Å². The summed E-state index contributed by atoms with van der Waals surface area (Å²) in [4.78, 5) is 33.0. The maximum Gasteiger partial charge on any atom is 0.338 e. The molecule has 13 nitrogen and oxygen atoms in total. The second kappa shape index (κ2) is 20.9. The second-order valence-corrected chi connectivity index (χ2v) is 21.8. The number of nitrogens with one attached hydrogen (secondary N) is 1. The van der Waals surface area contributed by atoms with Gasteiger partial charge in [0.2, 0.25) is 0 Å². The van der Waals surface area contributed by atoms with Crippen LogP contribution in [0.5, 0.6) is 0 Å². The highest BCUT2D eigenvalue weighted by Crippen LogP contribution is 2.58. The minimum Gasteiger partial charge on any atom is -0.478 e. The number of hydrogen-bond acceptors (Lipinski definition) is 10. The van der Waals surface area contributed by atoms with Crippen LogP contribution in [0.3, 0.4) is 0 Å². The van der Waals surface area contributed by atoms with Crippen molar-refractivity contribution in [2.45, 2.75) is 57.2 Å². The Morgan fingerprint density at radius 1 is 0.897 bits per heavy atom. The predicted octanol–water partition coefficient (Wildman–Crippen LogP) is 11.6. The van der Waals surface area contributed by atoms with Gasteiger partial charge in [0.1, 0.15) is 5.69 Å². The number of aromatic carboxylic acids is 1. The number of nitro groups is 1. The van der Waals surface area contributed by atoms with Gasteiger partial charge in [-0.1, -0.05) is 54.1 Å². The van der Waals surface area contributed by atoms with Crippen LogP contribution in [0.4, 0.5) is 28.4 Å². The standard InChI is InChI=1S/C52H59ClN7O6PS/c1-35(2)59-37(4)49(52(61)62)50(51(59)38-15-17-40(53)18-16-38)39-11-10-12-44(31-39)57-29-27-56(28-30-57)42-19-21-43(22-20-42)58-33-36(3)66-67(58,65)45-23-24-47(48(32-45)60(63)64)54-41(25-26-55(5)6)34-68-46-13-8-7-9-14-46/h7-24,31-32,35-36,41,54H,25-30,33-34H2,1-6H3,(H,61,62)/t36-,41+,67?/m0/s1. The first-order valence-electron chi connectivity index (χ1n) is 23.0. The number of carboxylic acid groups (broad SMARTS) is 1. The lowest BCUT2D eigenvalue weighted by molar-refractivity contribution is -0.383. The fourth-order valence-corrected chi connectivity index (χ4v) is 13.0. The molecule has 3 atom stereocenters. The van der Waals surface area contributed by atoms with Crippen molar-refractivity contribution in [1.82, 2.24) is 9.47 Å². The van der Waals surface area contributed by atoms with E-state index in [0.717, 1.165) is 72.2 Å². The maximum atomic E-state index is 15.0. The number of halogens is 1. The first kappa shape index (κ1) is 48.7. The highest BCUT2D eigenvalue weighted by atomic mass is 35.5. The molecule has 0 aliphatic carbocycles. The zero-order valence-electron chi connectivity index (χ0n) is 39.3. The number of nitro benzene ring substituents is 1. The summed E-state index contributed by atoms with van der Waals surface area (Å²) in [7, 11) is 0.285. The molecule has 0 saturated carbocycles. The third kappa shape index (κ3) is 10.4. The predicted molar refractivity (Wildman–Crippen MR) is 279 cm³/mol. The molecule has 1 aromatic heterocycles. The van der Waals surface area contributed by atoms with E-state index in [1.54, 1.807) is 28.6 Å². The smallest absolute Gasteiger partial charge is 0.338 e. The first-order chi connectivity index (χ1) is 32.6. The van der Waals surface area contributed by atoms with Crippen LogP contribution < -0.4 is 25.1 Å². The number of carbonyl (C=O) groups is 1. The number of thioether (sulfide) groups is 1. The Labute approximate surface area is 408 Å². The fraction of sp³-hybridized carbons (Fsp3) is 0.327. The van der Waals surface area contributed by atoms with Gasteiger partial charge >= 0.3 is 13.5 Å². The molecular formula is C52H59ClN7O6PS. The zero-order valence-corrected chi connectivity index (χ0v) is 41.8. The average Bonchev–Trinajstić information content (AvgIpc) is 3.83. The summed E-state index contributed by atoms with van der Waals surface area (Å²) >= 11 is 7.98. The molecule has 16 heteroatoms. The third-order valence-corrected chi connectivity index (χ3v) is 16.7. The Morgan fingerprint density at radius 3 is 2.19 bits per heavy atom. The summed E-state index contributed by atoms with van der Waals surface area (Å²) < 4.78 is 25.0. The van der Waals surface area contributed by atoms with Crippen LogP contribution in [0.2, 0.25) is 5.02 Å². The molecule has 5 aromatic carbocycles. The maximum absolute atomic E-state index is 15.0. The second-order valence-electron chi connectivity index (χ2n) is 18.0. The summed E-state index contributed by atoms with van der Waals surface area (Å²) in [6.07, 6.45) is 0.407. The Balaban J connectivity index is 0.979. The van der Waals surface area contributed by atoms with E-state index in [1.807, 2.05) is 107 Å². The number of hydrogen-bond donors (Lipinski definition) is 2. The number of nitrogens with zero attached hydrogens (tertiary/aromatic N) is 6. The van der Waals surface area contributed by atoms with E-state index in [9.17, 15) is 24.6 Å². The van der Waals surface area contributed by atoms with Gasteiger partial charge in [-0.15, -0.1) is 11.8 Å². The van der Waals surface area contributed by atoms with Gasteiger partial charge in [0, 0.05) is 88.3 Å². The lowest BCUT2D eigenvalue weighted by Gasteiger charge is -2.37. The molecule has 2 aliphatic rings. The molecule has 6 aromatic rings. The van der Waals surface area contributed by atoms with E-state index in [0.29, 0.717) is 45.5 Å². The quantitative estimate of drug-likeness (QED) is 0.0390. The number of benzene rings is 5. The van der Waals surface area contributed by atoms with Gasteiger partial charge in [-0.2, -0.15) is 0 Å². The highest BCUT2D eigenvalue weighted by Gasteiger charge is 2.44. The summed E-state index contributed by atoms with van der Waals surface area (Å²) in [5, 5.41) is 27.5. The molecule has 356 valence electrons. The SMILES string of the molecule is Cc1c(C(=O)O)c(-c2cccc(N3CCN(c4ccc(N5C[C@H](C)OP5(=O)c5ccc(N[C@H](CCN(C)C)CSc6ccccc6)c([N+](=O)[O-])c5)cc4)CC3)c2)c(-c2ccc(Cl)cc2)n1C(C)C. The third-order valence-electron chi connectivity index (χ3n) is 12.6. The summed E-state index contributed by atoms with van der Waals surface area (Å²) in [6.45, 7) is 12.0. The van der Waals surface area contributed by atoms with Crippen LogP contribution in [0, 0.1) is 17.0 Å². The van der Waals surface area contributed by atoms with E-state index in [4.69, 9.17) is 16.1 Å². The van der Waals surface area contributed by atoms with Crippen molar-refractivity contribution in [2.24, 2.45) is 0 Å². The lowest BCUT2D eigenvalue weighted by Crippen LogP contribution is -2.46. The first-order valence-corrected chi connectivity index (χ1v) is 25.9. The normalized spacial score (nSPS) is 17.8. The molecule has 0 radical (unpaired) electrons. The minimum absolute atomic E-state index is 0.0191. The van der Waals surface area contributed by atoms with Crippen LogP contribution >= 0.6 is 30.9 Å². The Kier molecular flexibility index (Phi) is 14.9. The van der Waals surface area contributed by atoms with Gasteiger partial charge in [-0.05, 0) is 139 Å². The Morgan fingerprint density at radius 2 is 1.56 bits per heavy atom. The van der Waals surface area contributed by atoms with Crippen molar-refractivity contribution < 1.29 is 23.9 Å². The molecule has 2 saturated heterocycles. The molecule has 0 bridgehead atoms. The van der Waals surface area contributed by atoms with Crippen LogP contribution in [0.1, 0.15) is 49.3 Å². The zero-order chi connectivity index (χ0) is 48.3. The van der Waals surface area contributed by atoms with Crippen molar-refractivity contribution in [3.63, 3.8) is 0 Å². The molecule has 8 rings (SSSR count). The van der Waals surface area contributed by atoms with Crippen LogP contribution in [0.25, 0.3) is 22.4 Å². The van der Waals surface area contributed by atoms with Crippen molar-refractivity contribution >= 4 is 70.6 Å². The molecule has 2 aliphatic heterocycles. The topological polar surface area (TPSA) is 137 Å². The van der Waals surface area contributed by atoms with Crippen LogP contribution in [-0.4, -0.2) is 96.7 Å². The molecule has 3 heterocycles. The van der Waals surface area contributed by atoms with Gasteiger partial charge in [-0.3, -0.25) is 19.3 Å². The van der Waals surface area contributed by atoms with Crippen molar-refractivity contribution in [1.29, 1.82) is 0 Å². The average molecular weight is 977 g/mol. The van der Waals surface area contributed by atoms with E-state index in [2.05, 4.69) is 62.7 Å². The largest absolute Gasteiger partial charge is 0.478 e. The minimum atomic E-state index is -3.73. The summed E-state index contributed by atoms with van der Waals surface area (Å²) in [5.41, 5.74) is 7.25. The van der Waals surface area contributed by atoms with Crippen molar-refractivity contribution in [3.8, 4) is 22.4 Å².